The van der Waals surface area contributed by atoms with E-state index in [1.54, 1.807) is 42.5 Å². The maximum absolute atomic E-state index is 12.2. The molecule has 26 heavy (non-hydrogen) atoms. The maximum Gasteiger partial charge on any atom is 0.363 e. The lowest BCUT2D eigenvalue weighted by molar-refractivity contribution is -0.129. The average molecular weight is 374 g/mol. The van der Waals surface area contributed by atoms with Crippen LogP contribution in [0.3, 0.4) is 0 Å². The summed E-state index contributed by atoms with van der Waals surface area (Å²) in [4.78, 5) is 16.4. The molecule has 0 unspecified atom stereocenters. The van der Waals surface area contributed by atoms with Gasteiger partial charge in [0.2, 0.25) is 11.6 Å². The van der Waals surface area contributed by atoms with E-state index >= 15 is 0 Å². The first-order valence-electron chi connectivity index (χ1n) is 7.65. The Morgan fingerprint density at radius 2 is 1.69 bits per heavy atom. The normalized spacial score (nSPS) is 14.8. The molecule has 6 nitrogen and oxygen atoms in total. The number of rotatable bonds is 5. The van der Waals surface area contributed by atoms with Gasteiger partial charge in [0.25, 0.3) is 0 Å². The molecule has 0 saturated heterocycles. The molecule has 1 aliphatic rings. The molecule has 1 aliphatic heterocycles. The van der Waals surface area contributed by atoms with Crippen LogP contribution < -0.4 is 14.2 Å². The van der Waals surface area contributed by atoms with Gasteiger partial charge in [-0.25, -0.2) is 9.79 Å². The number of hydrogen-bond acceptors (Lipinski definition) is 6. The molecule has 134 valence electrons. The van der Waals surface area contributed by atoms with Crippen LogP contribution in [0.15, 0.2) is 47.1 Å². The number of cyclic esters (lactones) is 1. The zero-order valence-electron chi connectivity index (χ0n) is 14.4. The van der Waals surface area contributed by atoms with Gasteiger partial charge >= 0.3 is 5.97 Å². The standard InChI is InChI=1S/C19H16ClNO5/c1-23-15-9-11(10-16(24-2)17(15)25-3)8-14-19(22)26-18(21-14)12-6-4-5-7-13(12)20/h4-10H,1-3H3. The van der Waals surface area contributed by atoms with Crippen molar-refractivity contribution < 1.29 is 23.7 Å². The lowest BCUT2D eigenvalue weighted by Gasteiger charge is -2.12. The predicted molar refractivity (Wildman–Crippen MR) is 98.2 cm³/mol. The third-order valence-corrected chi connectivity index (χ3v) is 4.04. The molecule has 0 spiro atoms. The number of benzene rings is 2. The molecular weight excluding hydrogens is 358 g/mol. The van der Waals surface area contributed by atoms with Gasteiger partial charge in [-0.05, 0) is 35.9 Å². The Morgan fingerprint density at radius 1 is 1.04 bits per heavy atom. The number of ether oxygens (including phenoxy) is 4. The van der Waals surface area contributed by atoms with Crippen LogP contribution in [-0.4, -0.2) is 33.2 Å². The first-order chi connectivity index (χ1) is 12.6. The summed E-state index contributed by atoms with van der Waals surface area (Å²) >= 11 is 6.13. The minimum atomic E-state index is -0.561. The van der Waals surface area contributed by atoms with E-state index in [0.717, 1.165) is 0 Å². The van der Waals surface area contributed by atoms with Crippen LogP contribution in [0, 0.1) is 0 Å². The molecule has 0 aliphatic carbocycles. The van der Waals surface area contributed by atoms with Crippen molar-refractivity contribution in [3.05, 3.63) is 58.2 Å². The zero-order chi connectivity index (χ0) is 18.7. The van der Waals surface area contributed by atoms with Gasteiger partial charge in [0.15, 0.2) is 17.2 Å². The van der Waals surface area contributed by atoms with Crippen LogP contribution in [0.1, 0.15) is 11.1 Å². The molecule has 7 heteroatoms. The summed E-state index contributed by atoms with van der Waals surface area (Å²) in [7, 11) is 4.56. The lowest BCUT2D eigenvalue weighted by atomic mass is 10.1. The molecule has 0 bridgehead atoms. The lowest BCUT2D eigenvalue weighted by Crippen LogP contribution is -2.05. The van der Waals surface area contributed by atoms with E-state index in [1.165, 1.54) is 21.3 Å². The van der Waals surface area contributed by atoms with Crippen molar-refractivity contribution in [2.75, 3.05) is 21.3 Å². The summed E-state index contributed by atoms with van der Waals surface area (Å²) in [5.41, 5.74) is 1.35. The Bertz CT molecular complexity index is 895. The first kappa shape index (κ1) is 17.8. The molecule has 2 aromatic carbocycles. The van der Waals surface area contributed by atoms with E-state index in [4.69, 9.17) is 30.5 Å². The minimum absolute atomic E-state index is 0.147. The van der Waals surface area contributed by atoms with Gasteiger partial charge < -0.3 is 18.9 Å². The second-order valence-corrected chi connectivity index (χ2v) is 5.68. The molecule has 0 saturated carbocycles. The van der Waals surface area contributed by atoms with E-state index < -0.39 is 5.97 Å². The number of halogens is 1. The third-order valence-electron chi connectivity index (χ3n) is 3.72. The Morgan fingerprint density at radius 3 is 2.27 bits per heavy atom. The number of carbonyl (C=O) groups is 1. The van der Waals surface area contributed by atoms with Crippen molar-refractivity contribution in [3.63, 3.8) is 0 Å². The topological polar surface area (TPSA) is 66.4 Å². The molecule has 2 aromatic rings. The van der Waals surface area contributed by atoms with Gasteiger partial charge in [0, 0.05) is 0 Å². The molecule has 0 amide bonds. The number of hydrogen-bond donors (Lipinski definition) is 0. The summed E-state index contributed by atoms with van der Waals surface area (Å²) in [6, 6.07) is 10.4. The molecule has 0 radical (unpaired) electrons. The highest BCUT2D eigenvalue weighted by Crippen LogP contribution is 2.39. The summed E-state index contributed by atoms with van der Waals surface area (Å²) in [5.74, 6) is 1.01. The SMILES string of the molecule is COc1cc(C=C2N=C(c3ccccc3Cl)OC2=O)cc(OC)c1OC. The monoisotopic (exact) mass is 373 g/mol. The molecule has 0 aromatic heterocycles. The molecule has 0 atom stereocenters. The summed E-state index contributed by atoms with van der Waals surface area (Å²) < 4.78 is 21.2. The number of carbonyl (C=O) groups excluding carboxylic acids is 1. The number of esters is 1. The second kappa shape index (κ2) is 7.49. The van der Waals surface area contributed by atoms with E-state index in [1.807, 2.05) is 0 Å². The van der Waals surface area contributed by atoms with Gasteiger partial charge in [0.1, 0.15) is 0 Å². The van der Waals surface area contributed by atoms with Gasteiger partial charge in [0.05, 0.1) is 31.9 Å². The van der Waals surface area contributed by atoms with E-state index in [-0.39, 0.29) is 11.6 Å². The molecule has 3 rings (SSSR count). The number of nitrogens with zero attached hydrogens (tertiary/aromatic N) is 1. The smallest absolute Gasteiger partial charge is 0.363 e. The molecule has 0 N–H and O–H groups in total. The summed E-state index contributed by atoms with van der Waals surface area (Å²) in [5, 5.41) is 0.452. The first-order valence-corrected chi connectivity index (χ1v) is 8.02. The fourth-order valence-corrected chi connectivity index (χ4v) is 2.72. The minimum Gasteiger partial charge on any atom is -0.493 e. The van der Waals surface area contributed by atoms with Crippen LogP contribution in [-0.2, 0) is 9.53 Å². The third kappa shape index (κ3) is 3.36. The number of aliphatic imine (C=N–C) groups is 1. The number of methoxy groups -OCH3 is 3. The Kier molecular flexibility index (Phi) is 5.14. The highest BCUT2D eigenvalue weighted by Gasteiger charge is 2.25. The van der Waals surface area contributed by atoms with Crippen LogP contribution in [0.2, 0.25) is 5.02 Å². The molecule has 0 fully saturated rings. The van der Waals surface area contributed by atoms with E-state index in [9.17, 15) is 4.79 Å². The van der Waals surface area contributed by atoms with Crippen LogP contribution >= 0.6 is 11.6 Å². The van der Waals surface area contributed by atoms with Gasteiger partial charge in [-0.2, -0.15) is 0 Å². The van der Waals surface area contributed by atoms with Gasteiger partial charge in [-0.3, -0.25) is 0 Å². The largest absolute Gasteiger partial charge is 0.493 e. The zero-order valence-corrected chi connectivity index (χ0v) is 15.2. The Labute approximate surface area is 155 Å². The van der Waals surface area contributed by atoms with Crippen LogP contribution in [0.5, 0.6) is 17.2 Å². The summed E-state index contributed by atoms with van der Waals surface area (Å²) in [6.07, 6.45) is 1.58. The van der Waals surface area contributed by atoms with Crippen molar-refractivity contribution in [2.45, 2.75) is 0 Å². The van der Waals surface area contributed by atoms with Crippen LogP contribution in [0.4, 0.5) is 0 Å². The van der Waals surface area contributed by atoms with Crippen molar-refractivity contribution in [1.82, 2.24) is 0 Å². The van der Waals surface area contributed by atoms with Crippen molar-refractivity contribution in [3.8, 4) is 17.2 Å². The van der Waals surface area contributed by atoms with Gasteiger partial charge in [-0.15, -0.1) is 0 Å². The quantitative estimate of drug-likeness (QED) is 0.590. The van der Waals surface area contributed by atoms with Crippen LogP contribution in [0.25, 0.3) is 6.08 Å². The van der Waals surface area contributed by atoms with Gasteiger partial charge in [-0.1, -0.05) is 23.7 Å². The Hall–Kier alpha value is -2.99. The molecular formula is C19H16ClNO5. The Balaban J connectivity index is 2.02. The molecule has 1 heterocycles. The fraction of sp³-hybridized carbons (Fsp3) is 0.158. The fourth-order valence-electron chi connectivity index (χ4n) is 2.50. The van der Waals surface area contributed by atoms with E-state index in [2.05, 4.69) is 4.99 Å². The maximum atomic E-state index is 12.2. The second-order valence-electron chi connectivity index (χ2n) is 5.27. The van der Waals surface area contributed by atoms with E-state index in [0.29, 0.717) is 33.4 Å². The van der Waals surface area contributed by atoms with Crippen molar-refractivity contribution in [2.24, 2.45) is 4.99 Å². The predicted octanol–water partition coefficient (Wildman–Crippen LogP) is 3.71. The van der Waals surface area contributed by atoms with Crippen molar-refractivity contribution >= 4 is 29.5 Å². The van der Waals surface area contributed by atoms with Crippen molar-refractivity contribution in [1.29, 1.82) is 0 Å². The highest BCUT2D eigenvalue weighted by molar-refractivity contribution is 6.34. The highest BCUT2D eigenvalue weighted by atomic mass is 35.5. The summed E-state index contributed by atoms with van der Waals surface area (Å²) in [6.45, 7) is 0. The average Bonchev–Trinajstić information content (AvgIpc) is 3.01.